The van der Waals surface area contributed by atoms with Gasteiger partial charge < -0.3 is 10.1 Å². The first kappa shape index (κ1) is 8.68. The lowest BCUT2D eigenvalue weighted by Crippen LogP contribution is -2.23. The second-order valence-corrected chi connectivity index (χ2v) is 1.47. The van der Waals surface area contributed by atoms with Gasteiger partial charge in [0, 0.05) is 0 Å². The fourth-order valence-electron chi connectivity index (χ4n) is 0.328. The van der Waals surface area contributed by atoms with Gasteiger partial charge in [0.25, 0.3) is 0 Å². The van der Waals surface area contributed by atoms with Crippen molar-refractivity contribution in [1.29, 1.82) is 0 Å². The molecule has 10 heavy (non-hydrogen) atoms. The quantitative estimate of drug-likeness (QED) is 0.319. The molecule has 4 heteroatoms. The molecule has 0 rings (SSSR count). The summed E-state index contributed by atoms with van der Waals surface area (Å²) < 4.78 is 4.51. The summed E-state index contributed by atoms with van der Waals surface area (Å²) in [7, 11) is 0. The lowest BCUT2D eigenvalue weighted by atomic mass is 10.6. The van der Waals surface area contributed by atoms with Gasteiger partial charge >= 0.3 is 5.97 Å². The molecular formula is C6H9NO3. The molecule has 0 saturated heterocycles. The van der Waals surface area contributed by atoms with Crippen molar-refractivity contribution in [3.05, 3.63) is 12.7 Å². The van der Waals surface area contributed by atoms with Gasteiger partial charge in [-0.05, 0) is 0 Å². The fraction of sp³-hybridized carbons (Fsp3) is 0.333. The van der Waals surface area contributed by atoms with E-state index >= 15 is 0 Å². The first-order chi connectivity index (χ1) is 4.81. The molecule has 1 N–H and O–H groups in total. The van der Waals surface area contributed by atoms with Crippen LogP contribution in [0.2, 0.25) is 0 Å². The zero-order chi connectivity index (χ0) is 7.82. The Balaban J connectivity index is 3.24. The van der Waals surface area contributed by atoms with Crippen LogP contribution in [0.3, 0.4) is 0 Å². The van der Waals surface area contributed by atoms with Crippen molar-refractivity contribution in [2.24, 2.45) is 0 Å². The molecule has 0 spiro atoms. The summed E-state index contributed by atoms with van der Waals surface area (Å²) in [5, 5.41) is 2.17. The molecule has 0 heterocycles. The van der Waals surface area contributed by atoms with E-state index in [4.69, 9.17) is 0 Å². The third kappa shape index (κ3) is 4.83. The lowest BCUT2D eigenvalue weighted by Gasteiger charge is -1.98. The predicted octanol–water partition coefficient (Wildman–Crippen LogP) is -0.538. The standard InChI is InChI=1S/C6H9NO3/c1-2-3-10-6(9)4-7-5-8/h2,5H,1,3-4H2,(H,7,8). The molecule has 4 nitrogen and oxygen atoms in total. The number of hydrogen-bond acceptors (Lipinski definition) is 3. The van der Waals surface area contributed by atoms with E-state index in [2.05, 4.69) is 16.6 Å². The Labute approximate surface area is 58.9 Å². The van der Waals surface area contributed by atoms with Crippen molar-refractivity contribution in [2.75, 3.05) is 13.2 Å². The largest absolute Gasteiger partial charge is 0.460 e. The molecule has 0 fully saturated rings. The Morgan fingerprint density at radius 1 is 1.70 bits per heavy atom. The topological polar surface area (TPSA) is 55.4 Å². The number of carbonyl (C=O) groups excluding carboxylic acids is 2. The first-order valence-electron chi connectivity index (χ1n) is 2.74. The summed E-state index contributed by atoms with van der Waals surface area (Å²) >= 11 is 0. The maximum absolute atomic E-state index is 10.5. The minimum atomic E-state index is -0.466. The number of esters is 1. The van der Waals surface area contributed by atoms with Crippen LogP contribution in [-0.2, 0) is 14.3 Å². The van der Waals surface area contributed by atoms with Crippen LogP contribution in [0.4, 0.5) is 0 Å². The van der Waals surface area contributed by atoms with Crippen molar-refractivity contribution in [1.82, 2.24) is 5.32 Å². The first-order valence-corrected chi connectivity index (χ1v) is 2.74. The van der Waals surface area contributed by atoms with Crippen LogP contribution in [0, 0.1) is 0 Å². The Hall–Kier alpha value is -1.32. The summed E-state index contributed by atoms with van der Waals surface area (Å²) in [5.74, 6) is -0.466. The van der Waals surface area contributed by atoms with E-state index in [1.807, 2.05) is 0 Å². The second kappa shape index (κ2) is 5.81. The van der Waals surface area contributed by atoms with Crippen LogP contribution in [0.15, 0.2) is 12.7 Å². The zero-order valence-electron chi connectivity index (χ0n) is 5.50. The van der Waals surface area contributed by atoms with Gasteiger partial charge in [0.1, 0.15) is 13.2 Å². The average Bonchev–Trinajstić information content (AvgIpc) is 1.97. The highest BCUT2D eigenvalue weighted by Crippen LogP contribution is 1.75. The highest BCUT2D eigenvalue weighted by atomic mass is 16.5. The van der Waals surface area contributed by atoms with Gasteiger partial charge in [0.05, 0.1) is 0 Å². The number of carbonyl (C=O) groups is 2. The third-order valence-electron chi connectivity index (χ3n) is 0.692. The molecule has 0 aromatic carbocycles. The minimum absolute atomic E-state index is 0.0860. The van der Waals surface area contributed by atoms with E-state index in [0.29, 0.717) is 6.41 Å². The lowest BCUT2D eigenvalue weighted by molar-refractivity contribution is -0.141. The SMILES string of the molecule is C=CCOC(=O)CNC=O. The van der Waals surface area contributed by atoms with E-state index in [-0.39, 0.29) is 13.2 Å². The smallest absolute Gasteiger partial charge is 0.325 e. The van der Waals surface area contributed by atoms with Gasteiger partial charge in [0.15, 0.2) is 0 Å². The van der Waals surface area contributed by atoms with Gasteiger partial charge in [-0.2, -0.15) is 0 Å². The molecule has 0 aromatic heterocycles. The molecule has 0 radical (unpaired) electrons. The van der Waals surface area contributed by atoms with E-state index in [1.165, 1.54) is 6.08 Å². The van der Waals surface area contributed by atoms with Crippen LogP contribution in [-0.4, -0.2) is 25.5 Å². The van der Waals surface area contributed by atoms with Gasteiger partial charge in [-0.3, -0.25) is 9.59 Å². The molecule has 56 valence electrons. The van der Waals surface area contributed by atoms with Crippen molar-refractivity contribution in [2.45, 2.75) is 0 Å². The minimum Gasteiger partial charge on any atom is -0.460 e. The molecule has 0 aliphatic carbocycles. The molecule has 0 saturated carbocycles. The Bertz CT molecular complexity index is 119. The number of amides is 1. The summed E-state index contributed by atoms with van der Waals surface area (Å²) in [6, 6.07) is 0. The van der Waals surface area contributed by atoms with E-state index in [0.717, 1.165) is 0 Å². The number of rotatable bonds is 5. The molecular weight excluding hydrogens is 134 g/mol. The molecule has 0 aliphatic heterocycles. The molecule has 0 aliphatic rings. The third-order valence-corrected chi connectivity index (χ3v) is 0.692. The molecule has 1 amide bonds. The second-order valence-electron chi connectivity index (χ2n) is 1.47. The van der Waals surface area contributed by atoms with Crippen LogP contribution in [0.1, 0.15) is 0 Å². The fourth-order valence-corrected chi connectivity index (χ4v) is 0.328. The zero-order valence-corrected chi connectivity index (χ0v) is 5.50. The summed E-state index contributed by atoms with van der Waals surface area (Å²) in [6.45, 7) is 3.44. The van der Waals surface area contributed by atoms with E-state index < -0.39 is 5.97 Å². The Morgan fingerprint density at radius 3 is 2.90 bits per heavy atom. The van der Waals surface area contributed by atoms with Crippen LogP contribution in [0.25, 0.3) is 0 Å². The number of ether oxygens (including phenoxy) is 1. The molecule has 0 atom stereocenters. The van der Waals surface area contributed by atoms with Crippen molar-refractivity contribution in [3.63, 3.8) is 0 Å². The molecule has 0 aromatic rings. The van der Waals surface area contributed by atoms with Gasteiger partial charge in [-0.1, -0.05) is 12.7 Å². The molecule has 0 unspecified atom stereocenters. The van der Waals surface area contributed by atoms with Crippen molar-refractivity contribution < 1.29 is 14.3 Å². The monoisotopic (exact) mass is 143 g/mol. The van der Waals surface area contributed by atoms with Gasteiger partial charge in [0.2, 0.25) is 6.41 Å². The average molecular weight is 143 g/mol. The van der Waals surface area contributed by atoms with Crippen molar-refractivity contribution in [3.8, 4) is 0 Å². The number of hydrogen-bond donors (Lipinski definition) is 1. The predicted molar refractivity (Wildman–Crippen MR) is 35.2 cm³/mol. The van der Waals surface area contributed by atoms with Crippen LogP contribution >= 0.6 is 0 Å². The highest BCUT2D eigenvalue weighted by molar-refractivity contribution is 5.74. The van der Waals surface area contributed by atoms with Crippen molar-refractivity contribution >= 4 is 12.4 Å². The van der Waals surface area contributed by atoms with Crippen LogP contribution < -0.4 is 5.32 Å². The van der Waals surface area contributed by atoms with Gasteiger partial charge in [-0.15, -0.1) is 0 Å². The van der Waals surface area contributed by atoms with E-state index in [9.17, 15) is 9.59 Å². The van der Waals surface area contributed by atoms with E-state index in [1.54, 1.807) is 0 Å². The molecule has 0 bridgehead atoms. The summed E-state index contributed by atoms with van der Waals surface area (Å²) in [5.41, 5.74) is 0. The maximum Gasteiger partial charge on any atom is 0.325 e. The normalized spacial score (nSPS) is 8.00. The van der Waals surface area contributed by atoms with Gasteiger partial charge in [-0.25, -0.2) is 0 Å². The maximum atomic E-state index is 10.5. The number of nitrogens with one attached hydrogen (secondary N) is 1. The highest BCUT2D eigenvalue weighted by Gasteiger charge is 1.97. The summed E-state index contributed by atoms with van der Waals surface area (Å²) in [4.78, 5) is 20.1. The summed E-state index contributed by atoms with van der Waals surface area (Å²) in [6.07, 6.45) is 1.90. The Kier molecular flexibility index (Phi) is 5.04. The van der Waals surface area contributed by atoms with Crippen LogP contribution in [0.5, 0.6) is 0 Å². The Morgan fingerprint density at radius 2 is 2.40 bits per heavy atom.